The molecule has 0 aliphatic heterocycles. The minimum atomic E-state index is -0.368. The standard InChI is InChI=1S/C18H17N3O3/c19-12-10-17(22)20-14-6-8-15(9-7-14)21-18(23)11-13-24-16-4-2-1-3-5-16/h1-9H,10-11,13H2,(H,20,22)(H,21,23). The van der Waals surface area contributed by atoms with Crippen LogP contribution in [0.25, 0.3) is 0 Å². The molecule has 0 saturated heterocycles. The highest BCUT2D eigenvalue weighted by molar-refractivity contribution is 5.93. The van der Waals surface area contributed by atoms with Gasteiger partial charge in [0.25, 0.3) is 0 Å². The minimum Gasteiger partial charge on any atom is -0.493 e. The van der Waals surface area contributed by atoms with Crippen LogP contribution in [-0.2, 0) is 9.59 Å². The molecule has 0 spiro atoms. The van der Waals surface area contributed by atoms with Crippen molar-refractivity contribution in [2.75, 3.05) is 17.2 Å². The molecular weight excluding hydrogens is 306 g/mol. The summed E-state index contributed by atoms with van der Waals surface area (Å²) in [6.45, 7) is 0.290. The number of nitrogens with one attached hydrogen (secondary N) is 2. The van der Waals surface area contributed by atoms with Crippen LogP contribution in [-0.4, -0.2) is 18.4 Å². The van der Waals surface area contributed by atoms with Crippen LogP contribution in [0, 0.1) is 11.3 Å². The molecule has 0 fully saturated rings. The van der Waals surface area contributed by atoms with E-state index in [-0.39, 0.29) is 31.3 Å². The van der Waals surface area contributed by atoms with Crippen LogP contribution in [0.15, 0.2) is 54.6 Å². The second kappa shape index (κ2) is 8.96. The van der Waals surface area contributed by atoms with Crippen LogP contribution in [0.5, 0.6) is 5.75 Å². The molecule has 0 atom stereocenters. The molecule has 24 heavy (non-hydrogen) atoms. The number of anilines is 2. The second-order valence-electron chi connectivity index (χ2n) is 4.92. The fourth-order valence-electron chi connectivity index (χ4n) is 1.92. The highest BCUT2D eigenvalue weighted by Gasteiger charge is 2.04. The number of nitrogens with zero attached hydrogens (tertiary/aromatic N) is 1. The number of rotatable bonds is 7. The van der Waals surface area contributed by atoms with E-state index >= 15 is 0 Å². The second-order valence-corrected chi connectivity index (χ2v) is 4.92. The summed E-state index contributed by atoms with van der Waals surface area (Å²) in [5.41, 5.74) is 1.19. The Morgan fingerprint density at radius 3 is 2.08 bits per heavy atom. The summed E-state index contributed by atoms with van der Waals surface area (Å²) in [7, 11) is 0. The molecule has 6 heteroatoms. The highest BCUT2D eigenvalue weighted by Crippen LogP contribution is 2.14. The van der Waals surface area contributed by atoms with E-state index in [9.17, 15) is 9.59 Å². The zero-order chi connectivity index (χ0) is 17.2. The van der Waals surface area contributed by atoms with E-state index in [1.54, 1.807) is 30.3 Å². The first-order valence-electron chi connectivity index (χ1n) is 7.42. The summed E-state index contributed by atoms with van der Waals surface area (Å²) in [6.07, 6.45) is 0.0372. The molecule has 0 bridgehead atoms. The van der Waals surface area contributed by atoms with Crippen molar-refractivity contribution >= 4 is 23.2 Å². The van der Waals surface area contributed by atoms with Gasteiger partial charge in [-0.25, -0.2) is 0 Å². The first-order valence-corrected chi connectivity index (χ1v) is 7.42. The van der Waals surface area contributed by atoms with E-state index in [4.69, 9.17) is 10.00 Å². The number of para-hydroxylation sites is 1. The van der Waals surface area contributed by atoms with Gasteiger partial charge in [-0.15, -0.1) is 0 Å². The molecule has 2 aromatic carbocycles. The number of hydrogen-bond donors (Lipinski definition) is 2. The van der Waals surface area contributed by atoms with Gasteiger partial charge in [0.05, 0.1) is 19.1 Å². The van der Waals surface area contributed by atoms with E-state index in [1.165, 1.54) is 0 Å². The van der Waals surface area contributed by atoms with Crippen molar-refractivity contribution in [2.24, 2.45) is 0 Å². The smallest absolute Gasteiger partial charge is 0.238 e. The summed E-state index contributed by atoms with van der Waals surface area (Å²) < 4.78 is 5.47. The Balaban J connectivity index is 1.75. The molecule has 2 amide bonds. The lowest BCUT2D eigenvalue weighted by Gasteiger charge is -2.08. The maximum atomic E-state index is 11.9. The van der Waals surface area contributed by atoms with Crippen LogP contribution in [0.4, 0.5) is 11.4 Å². The number of nitriles is 1. The number of amides is 2. The lowest BCUT2D eigenvalue weighted by Crippen LogP contribution is -2.15. The molecule has 0 aliphatic rings. The predicted octanol–water partition coefficient (Wildman–Crippen LogP) is 2.95. The number of hydrogen-bond acceptors (Lipinski definition) is 4. The van der Waals surface area contributed by atoms with E-state index in [2.05, 4.69) is 10.6 Å². The Morgan fingerprint density at radius 1 is 0.917 bits per heavy atom. The molecular formula is C18H17N3O3. The SMILES string of the molecule is N#CCC(=O)Nc1ccc(NC(=O)CCOc2ccccc2)cc1. The summed E-state index contributed by atoms with van der Waals surface area (Å²) in [6, 6.07) is 17.7. The molecule has 0 heterocycles. The average Bonchev–Trinajstić information content (AvgIpc) is 2.58. The third-order valence-corrected chi connectivity index (χ3v) is 3.03. The third kappa shape index (κ3) is 5.81. The van der Waals surface area contributed by atoms with Crippen molar-refractivity contribution in [3.8, 4) is 11.8 Å². The maximum Gasteiger partial charge on any atom is 0.238 e. The van der Waals surface area contributed by atoms with Crippen LogP contribution in [0.3, 0.4) is 0 Å². The number of carbonyl (C=O) groups excluding carboxylic acids is 2. The van der Waals surface area contributed by atoms with Crippen molar-refractivity contribution in [1.29, 1.82) is 5.26 Å². The van der Waals surface area contributed by atoms with Gasteiger partial charge in [-0.2, -0.15) is 5.26 Å². The molecule has 0 aliphatic carbocycles. The minimum absolute atomic E-state index is 0.160. The van der Waals surface area contributed by atoms with Gasteiger partial charge in [0.2, 0.25) is 11.8 Å². The molecule has 2 N–H and O–H groups in total. The largest absolute Gasteiger partial charge is 0.493 e. The molecule has 6 nitrogen and oxygen atoms in total. The fourth-order valence-corrected chi connectivity index (χ4v) is 1.92. The summed E-state index contributed by atoms with van der Waals surface area (Å²) in [5.74, 6) is 0.197. The monoisotopic (exact) mass is 323 g/mol. The third-order valence-electron chi connectivity index (χ3n) is 3.03. The molecule has 0 saturated carbocycles. The number of carbonyl (C=O) groups is 2. The lowest BCUT2D eigenvalue weighted by molar-refractivity contribution is -0.117. The van der Waals surface area contributed by atoms with Crippen molar-refractivity contribution in [3.63, 3.8) is 0 Å². The summed E-state index contributed by atoms with van der Waals surface area (Å²) in [5, 5.41) is 13.8. The highest BCUT2D eigenvalue weighted by atomic mass is 16.5. The Bertz CT molecular complexity index is 721. The van der Waals surface area contributed by atoms with Gasteiger partial charge in [-0.1, -0.05) is 18.2 Å². The first-order chi connectivity index (χ1) is 11.7. The van der Waals surface area contributed by atoms with Gasteiger partial charge in [0.1, 0.15) is 12.2 Å². The van der Waals surface area contributed by atoms with Gasteiger partial charge < -0.3 is 15.4 Å². The normalized spacial score (nSPS) is 9.62. The van der Waals surface area contributed by atoms with Crippen molar-refractivity contribution in [1.82, 2.24) is 0 Å². The number of ether oxygens (including phenoxy) is 1. The Labute approximate surface area is 140 Å². The molecule has 2 aromatic rings. The van der Waals surface area contributed by atoms with Crippen LogP contribution in [0.1, 0.15) is 12.8 Å². The van der Waals surface area contributed by atoms with Gasteiger partial charge in [0, 0.05) is 11.4 Å². The van der Waals surface area contributed by atoms with E-state index in [1.807, 2.05) is 30.3 Å². The van der Waals surface area contributed by atoms with Gasteiger partial charge >= 0.3 is 0 Å². The number of benzene rings is 2. The Morgan fingerprint density at radius 2 is 1.50 bits per heavy atom. The Kier molecular flexibility index (Phi) is 6.35. The average molecular weight is 323 g/mol. The quantitative estimate of drug-likeness (QED) is 0.819. The van der Waals surface area contributed by atoms with E-state index < -0.39 is 0 Å². The van der Waals surface area contributed by atoms with E-state index in [0.29, 0.717) is 11.4 Å². The van der Waals surface area contributed by atoms with Crippen molar-refractivity contribution in [3.05, 3.63) is 54.6 Å². The predicted molar refractivity (Wildman–Crippen MR) is 90.5 cm³/mol. The summed E-state index contributed by atoms with van der Waals surface area (Å²) >= 11 is 0. The van der Waals surface area contributed by atoms with Crippen LogP contribution in [0.2, 0.25) is 0 Å². The molecule has 0 unspecified atom stereocenters. The Hall–Kier alpha value is -3.33. The maximum absolute atomic E-state index is 11.9. The van der Waals surface area contributed by atoms with Gasteiger partial charge in [-0.05, 0) is 36.4 Å². The van der Waals surface area contributed by atoms with Crippen LogP contribution >= 0.6 is 0 Å². The lowest BCUT2D eigenvalue weighted by atomic mass is 10.2. The van der Waals surface area contributed by atoms with E-state index in [0.717, 1.165) is 5.75 Å². The zero-order valence-electron chi connectivity index (χ0n) is 13.0. The zero-order valence-corrected chi connectivity index (χ0v) is 13.0. The topological polar surface area (TPSA) is 91.2 Å². The van der Waals surface area contributed by atoms with Gasteiger partial charge in [0.15, 0.2) is 0 Å². The van der Waals surface area contributed by atoms with Crippen molar-refractivity contribution in [2.45, 2.75) is 12.8 Å². The molecule has 2 rings (SSSR count). The van der Waals surface area contributed by atoms with Gasteiger partial charge in [-0.3, -0.25) is 9.59 Å². The summed E-state index contributed by atoms with van der Waals surface area (Å²) in [4.78, 5) is 23.1. The fraction of sp³-hybridized carbons (Fsp3) is 0.167. The van der Waals surface area contributed by atoms with Crippen LogP contribution < -0.4 is 15.4 Å². The first kappa shape index (κ1) is 17.0. The molecule has 0 radical (unpaired) electrons. The molecule has 0 aromatic heterocycles. The molecule has 122 valence electrons. The van der Waals surface area contributed by atoms with Crippen molar-refractivity contribution < 1.29 is 14.3 Å².